The van der Waals surface area contributed by atoms with Crippen LogP contribution in [0, 0.1) is 0 Å². The van der Waals surface area contributed by atoms with Crippen molar-refractivity contribution in [2.24, 2.45) is 0 Å². The van der Waals surface area contributed by atoms with Crippen LogP contribution < -0.4 is 4.90 Å². The molecule has 21 heavy (non-hydrogen) atoms. The topological polar surface area (TPSA) is 28.8 Å². The van der Waals surface area contributed by atoms with Gasteiger partial charge in [0.1, 0.15) is 0 Å². The number of nitrogens with zero attached hydrogens (tertiary/aromatic N) is 3. The van der Waals surface area contributed by atoms with Crippen molar-refractivity contribution >= 4 is 5.69 Å². The molecule has 0 amide bonds. The Bertz CT molecular complexity index is 604. The van der Waals surface area contributed by atoms with E-state index in [1.54, 1.807) is 0 Å². The molecule has 0 unspecified atom stereocenters. The quantitative estimate of drug-likeness (QED) is 0.680. The van der Waals surface area contributed by atoms with Gasteiger partial charge >= 0.3 is 0 Å². The van der Waals surface area contributed by atoms with E-state index in [2.05, 4.69) is 57.3 Å². The van der Waals surface area contributed by atoms with E-state index in [-0.39, 0.29) is 0 Å². The molecule has 3 heteroatoms. The fourth-order valence-corrected chi connectivity index (χ4v) is 2.91. The van der Waals surface area contributed by atoms with Gasteiger partial charge in [-0.25, -0.2) is 0 Å². The van der Waals surface area contributed by atoms with Gasteiger partial charge in [-0.2, -0.15) is 0 Å². The number of benzene rings is 1. The van der Waals surface area contributed by atoms with Crippen molar-refractivity contribution in [3.05, 3.63) is 90.5 Å². The van der Waals surface area contributed by atoms with E-state index < -0.39 is 0 Å². The second kappa shape index (κ2) is 5.02. The molecule has 1 aliphatic heterocycles. The van der Waals surface area contributed by atoms with Crippen LogP contribution in [0.25, 0.3) is 0 Å². The fraction of sp³-hybridized carbons (Fsp3) is 0.111. The first-order valence-corrected chi connectivity index (χ1v) is 7.09. The fourth-order valence-electron chi connectivity index (χ4n) is 2.91. The zero-order chi connectivity index (χ0) is 14.1. The largest absolute Gasteiger partial charge is 0.351 e. The molecule has 0 radical (unpaired) electrons. The molecule has 4 rings (SSSR count). The maximum Gasteiger partial charge on any atom is 0.0966 e. The summed E-state index contributed by atoms with van der Waals surface area (Å²) in [5.41, 5.74) is 3.63. The van der Waals surface area contributed by atoms with Gasteiger partial charge in [-0.05, 0) is 42.0 Å². The van der Waals surface area contributed by atoms with E-state index in [9.17, 15) is 0 Å². The zero-order valence-corrected chi connectivity index (χ0v) is 11.5. The van der Waals surface area contributed by atoms with E-state index in [0.29, 0.717) is 12.1 Å². The molecule has 0 bridgehead atoms. The molecule has 0 aliphatic carbocycles. The molecule has 1 aromatic carbocycles. The molecule has 102 valence electrons. The highest BCUT2D eigenvalue weighted by Crippen LogP contribution is 2.56. The minimum Gasteiger partial charge on any atom is -0.351 e. The van der Waals surface area contributed by atoms with Gasteiger partial charge in [0.15, 0.2) is 0 Å². The van der Waals surface area contributed by atoms with E-state index in [1.165, 1.54) is 11.3 Å². The summed E-state index contributed by atoms with van der Waals surface area (Å²) >= 11 is 0. The Morgan fingerprint density at radius 1 is 0.714 bits per heavy atom. The number of hydrogen-bond acceptors (Lipinski definition) is 3. The Labute approximate surface area is 123 Å². The smallest absolute Gasteiger partial charge is 0.0966 e. The summed E-state index contributed by atoms with van der Waals surface area (Å²) in [7, 11) is 0. The highest BCUT2D eigenvalue weighted by atomic mass is 15.4. The van der Waals surface area contributed by atoms with Crippen LogP contribution in [0.3, 0.4) is 0 Å². The van der Waals surface area contributed by atoms with Gasteiger partial charge in [0, 0.05) is 24.3 Å². The highest BCUT2D eigenvalue weighted by Gasteiger charge is 2.50. The summed E-state index contributed by atoms with van der Waals surface area (Å²) < 4.78 is 0. The average Bonchev–Trinajstić information content (AvgIpc) is 3.33. The molecule has 0 N–H and O–H groups in total. The molecule has 0 saturated carbocycles. The van der Waals surface area contributed by atoms with E-state index in [1.807, 2.05) is 36.8 Å². The van der Waals surface area contributed by atoms with Crippen molar-refractivity contribution in [3.63, 3.8) is 0 Å². The number of hydrogen-bond donors (Lipinski definition) is 0. The standard InChI is InChI=1S/C18H15N3/c1-2-6-15(7-3-1)21-17(14-9-12-19-13-10-14)18(21)16-8-4-5-11-20-16/h1-13,17-18H/t17-,18-,21?/m0/s1. The van der Waals surface area contributed by atoms with Gasteiger partial charge in [0.05, 0.1) is 17.8 Å². The summed E-state index contributed by atoms with van der Waals surface area (Å²) in [4.78, 5) is 11.1. The lowest BCUT2D eigenvalue weighted by Gasteiger charge is -2.05. The van der Waals surface area contributed by atoms with E-state index in [0.717, 1.165) is 5.69 Å². The first kappa shape index (κ1) is 12.1. The van der Waals surface area contributed by atoms with Crippen LogP contribution in [0.1, 0.15) is 23.3 Å². The van der Waals surface area contributed by atoms with Crippen LogP contribution in [0.15, 0.2) is 79.3 Å². The summed E-state index contributed by atoms with van der Waals surface area (Å²) in [6.45, 7) is 0. The van der Waals surface area contributed by atoms with Gasteiger partial charge < -0.3 is 4.90 Å². The van der Waals surface area contributed by atoms with Crippen molar-refractivity contribution in [3.8, 4) is 0 Å². The summed E-state index contributed by atoms with van der Waals surface area (Å²) in [6, 6.07) is 21.4. The molecule has 1 aliphatic rings. The van der Waals surface area contributed by atoms with Gasteiger partial charge in [-0.15, -0.1) is 0 Å². The minimum absolute atomic E-state index is 0.302. The van der Waals surface area contributed by atoms with Gasteiger partial charge in [-0.1, -0.05) is 24.3 Å². The first-order valence-electron chi connectivity index (χ1n) is 7.09. The molecule has 3 heterocycles. The Kier molecular flexibility index (Phi) is 2.89. The average molecular weight is 273 g/mol. The number of aromatic nitrogens is 2. The van der Waals surface area contributed by atoms with Gasteiger partial charge in [0.2, 0.25) is 0 Å². The molecule has 0 spiro atoms. The van der Waals surface area contributed by atoms with E-state index >= 15 is 0 Å². The number of para-hydroxylation sites is 1. The predicted molar refractivity (Wildman–Crippen MR) is 82.9 cm³/mol. The summed E-state index contributed by atoms with van der Waals surface area (Å²) in [5.74, 6) is 0. The second-order valence-corrected chi connectivity index (χ2v) is 5.17. The zero-order valence-electron chi connectivity index (χ0n) is 11.5. The molecule has 1 fully saturated rings. The maximum absolute atomic E-state index is 4.53. The third kappa shape index (κ3) is 2.17. The monoisotopic (exact) mass is 273 g/mol. The normalized spacial score (nSPS) is 20.3. The number of rotatable bonds is 3. The van der Waals surface area contributed by atoms with Gasteiger partial charge in [-0.3, -0.25) is 9.97 Å². The van der Waals surface area contributed by atoms with Crippen molar-refractivity contribution in [1.82, 2.24) is 9.97 Å². The molecular formula is C18H15N3. The van der Waals surface area contributed by atoms with Gasteiger partial charge in [0.25, 0.3) is 0 Å². The van der Waals surface area contributed by atoms with Crippen LogP contribution >= 0.6 is 0 Å². The molecule has 2 atom stereocenters. The SMILES string of the molecule is c1ccc(N2[C@@H](c3ccncc3)[C@@H]2c2ccccn2)cc1. The third-order valence-corrected chi connectivity index (χ3v) is 3.90. The second-order valence-electron chi connectivity index (χ2n) is 5.17. The van der Waals surface area contributed by atoms with Crippen LogP contribution in [0.2, 0.25) is 0 Å². The first-order chi connectivity index (χ1) is 10.4. The Balaban J connectivity index is 1.74. The van der Waals surface area contributed by atoms with Crippen molar-refractivity contribution in [2.45, 2.75) is 12.1 Å². The molecule has 3 nitrogen and oxygen atoms in total. The number of pyridine rings is 2. The molecule has 3 aromatic rings. The lowest BCUT2D eigenvalue weighted by atomic mass is 10.1. The Hall–Kier alpha value is -2.68. The van der Waals surface area contributed by atoms with Crippen LogP contribution in [0.4, 0.5) is 5.69 Å². The lowest BCUT2D eigenvalue weighted by molar-refractivity contribution is 0.963. The summed E-state index contributed by atoms with van der Waals surface area (Å²) in [5, 5.41) is 0. The van der Waals surface area contributed by atoms with Crippen molar-refractivity contribution in [1.29, 1.82) is 0 Å². The highest BCUT2D eigenvalue weighted by molar-refractivity contribution is 5.60. The van der Waals surface area contributed by atoms with Crippen LogP contribution in [-0.4, -0.2) is 9.97 Å². The molecular weight excluding hydrogens is 258 g/mol. The summed E-state index contributed by atoms with van der Waals surface area (Å²) in [6.07, 6.45) is 5.57. The van der Waals surface area contributed by atoms with Crippen molar-refractivity contribution < 1.29 is 0 Å². The predicted octanol–water partition coefficient (Wildman–Crippen LogP) is 3.78. The Morgan fingerprint density at radius 3 is 2.19 bits per heavy atom. The van der Waals surface area contributed by atoms with Crippen LogP contribution in [-0.2, 0) is 0 Å². The third-order valence-electron chi connectivity index (χ3n) is 3.90. The maximum atomic E-state index is 4.53. The lowest BCUT2D eigenvalue weighted by Crippen LogP contribution is -1.96. The molecule has 1 saturated heterocycles. The molecule has 2 aromatic heterocycles. The Morgan fingerprint density at radius 2 is 1.48 bits per heavy atom. The minimum atomic E-state index is 0.302. The van der Waals surface area contributed by atoms with Crippen molar-refractivity contribution in [2.75, 3.05) is 4.90 Å². The van der Waals surface area contributed by atoms with Crippen LogP contribution in [0.5, 0.6) is 0 Å². The van der Waals surface area contributed by atoms with E-state index in [4.69, 9.17) is 0 Å². The number of anilines is 1.